The van der Waals surface area contributed by atoms with E-state index in [0.29, 0.717) is 33.8 Å². The van der Waals surface area contributed by atoms with Crippen molar-refractivity contribution in [2.75, 3.05) is 16.2 Å². The van der Waals surface area contributed by atoms with Crippen molar-refractivity contribution in [3.05, 3.63) is 125 Å². The van der Waals surface area contributed by atoms with Gasteiger partial charge in [-0.3, -0.25) is 13.9 Å². The van der Waals surface area contributed by atoms with Crippen molar-refractivity contribution < 1.29 is 18.0 Å². The Labute approximate surface area is 234 Å². The van der Waals surface area contributed by atoms with Gasteiger partial charge in [0.1, 0.15) is 6.54 Å². The van der Waals surface area contributed by atoms with Crippen molar-refractivity contribution in [3.63, 3.8) is 0 Å². The number of benzene rings is 4. The first kappa shape index (κ1) is 28.3. The molecule has 0 aliphatic rings. The molecule has 0 unspecified atom stereocenters. The first-order chi connectivity index (χ1) is 19.1. The lowest BCUT2D eigenvalue weighted by molar-refractivity contribution is -0.119. The van der Waals surface area contributed by atoms with Crippen molar-refractivity contribution in [3.8, 4) is 0 Å². The van der Waals surface area contributed by atoms with Crippen molar-refractivity contribution in [2.45, 2.75) is 25.7 Å². The predicted octanol–water partition coefficient (Wildman–Crippen LogP) is 5.29. The molecule has 9 heteroatoms. The lowest BCUT2D eigenvalue weighted by Gasteiger charge is -2.25. The summed E-state index contributed by atoms with van der Waals surface area (Å²) in [5, 5.41) is 7.05. The molecule has 2 N–H and O–H groups in total. The highest BCUT2D eigenvalue weighted by Crippen LogP contribution is 2.27. The molecule has 0 saturated carbocycles. The zero-order valence-electron chi connectivity index (χ0n) is 22.5. The van der Waals surface area contributed by atoms with Crippen LogP contribution in [0, 0.1) is 13.8 Å². The van der Waals surface area contributed by atoms with Crippen LogP contribution in [0.2, 0.25) is 0 Å². The van der Waals surface area contributed by atoms with Crippen LogP contribution in [0.5, 0.6) is 0 Å². The molecule has 4 aromatic carbocycles. The van der Waals surface area contributed by atoms with Crippen LogP contribution in [0.25, 0.3) is 0 Å². The Morgan fingerprint density at radius 3 is 2.15 bits per heavy atom. The molecule has 0 heterocycles. The molecule has 4 rings (SSSR count). The summed E-state index contributed by atoms with van der Waals surface area (Å²) < 4.78 is 28.3. The van der Waals surface area contributed by atoms with E-state index in [2.05, 4.69) is 15.8 Å². The highest BCUT2D eigenvalue weighted by Gasteiger charge is 2.28. The minimum absolute atomic E-state index is 0.0813. The SMILES string of the molecule is C/C(=N/NC(=O)CN(c1cc(C)ccc1C)S(=O)(=O)c1ccccc1)c1cccc(NC(=O)c2ccccc2)c1. The molecule has 8 nitrogen and oxygen atoms in total. The second-order valence-corrected chi connectivity index (χ2v) is 11.1. The van der Waals surface area contributed by atoms with Crippen LogP contribution in [0.3, 0.4) is 0 Å². The average molecular weight is 555 g/mol. The molecule has 4 aromatic rings. The third-order valence-electron chi connectivity index (χ3n) is 6.17. The number of hydrogen-bond donors (Lipinski definition) is 2. The third kappa shape index (κ3) is 6.81. The van der Waals surface area contributed by atoms with Gasteiger partial charge in [0.05, 0.1) is 16.3 Å². The van der Waals surface area contributed by atoms with Gasteiger partial charge >= 0.3 is 0 Å². The van der Waals surface area contributed by atoms with E-state index in [9.17, 15) is 18.0 Å². The molecule has 2 amide bonds. The summed E-state index contributed by atoms with van der Waals surface area (Å²) >= 11 is 0. The molecule has 0 aromatic heterocycles. The number of carbonyl (C=O) groups excluding carboxylic acids is 2. The lowest BCUT2D eigenvalue weighted by atomic mass is 10.1. The second kappa shape index (κ2) is 12.4. The second-order valence-electron chi connectivity index (χ2n) is 9.25. The third-order valence-corrected chi connectivity index (χ3v) is 7.95. The Balaban J connectivity index is 1.53. The average Bonchev–Trinajstić information content (AvgIpc) is 2.97. The van der Waals surface area contributed by atoms with E-state index in [-0.39, 0.29) is 10.8 Å². The molecule has 0 aliphatic carbocycles. The van der Waals surface area contributed by atoms with Crippen LogP contribution < -0.4 is 15.0 Å². The van der Waals surface area contributed by atoms with Gasteiger partial charge in [-0.15, -0.1) is 0 Å². The molecule has 0 atom stereocenters. The Hall–Kier alpha value is -4.76. The number of carbonyl (C=O) groups is 2. The first-order valence-electron chi connectivity index (χ1n) is 12.6. The van der Waals surface area contributed by atoms with Crippen LogP contribution in [0.1, 0.15) is 34.0 Å². The van der Waals surface area contributed by atoms with Gasteiger partial charge < -0.3 is 5.32 Å². The number of aryl methyl sites for hydroxylation is 2. The minimum Gasteiger partial charge on any atom is -0.322 e. The normalized spacial score (nSPS) is 11.5. The highest BCUT2D eigenvalue weighted by molar-refractivity contribution is 7.92. The maximum atomic E-state index is 13.6. The fraction of sp³-hybridized carbons (Fsp3) is 0.129. The van der Waals surface area contributed by atoms with E-state index in [4.69, 9.17) is 0 Å². The Kier molecular flexibility index (Phi) is 8.76. The highest BCUT2D eigenvalue weighted by atomic mass is 32.2. The van der Waals surface area contributed by atoms with Gasteiger partial charge in [-0.05, 0) is 79.9 Å². The summed E-state index contributed by atoms with van der Waals surface area (Å²) in [6.45, 7) is 4.90. The van der Waals surface area contributed by atoms with Crippen LogP contribution >= 0.6 is 0 Å². The van der Waals surface area contributed by atoms with Crippen molar-refractivity contribution >= 4 is 38.9 Å². The summed E-state index contributed by atoms with van der Waals surface area (Å²) in [5.74, 6) is -0.847. The lowest BCUT2D eigenvalue weighted by Crippen LogP contribution is -2.40. The summed E-state index contributed by atoms with van der Waals surface area (Å²) in [6, 6.07) is 29.4. The van der Waals surface area contributed by atoms with E-state index >= 15 is 0 Å². The number of anilines is 2. The summed E-state index contributed by atoms with van der Waals surface area (Å²) in [5.41, 5.74) is 6.74. The number of rotatable bonds is 9. The summed E-state index contributed by atoms with van der Waals surface area (Å²) in [7, 11) is -4.04. The van der Waals surface area contributed by atoms with Gasteiger partial charge in [0.15, 0.2) is 0 Å². The van der Waals surface area contributed by atoms with Crippen molar-refractivity contribution in [2.24, 2.45) is 5.10 Å². The molecule has 0 fully saturated rings. The first-order valence-corrected chi connectivity index (χ1v) is 14.0. The van der Waals surface area contributed by atoms with Crippen molar-refractivity contribution in [1.29, 1.82) is 0 Å². The van der Waals surface area contributed by atoms with E-state index < -0.39 is 22.5 Å². The quantitative estimate of drug-likeness (QED) is 0.216. The number of nitrogens with one attached hydrogen (secondary N) is 2. The van der Waals surface area contributed by atoms with Crippen LogP contribution in [0.15, 0.2) is 113 Å². The van der Waals surface area contributed by atoms with Crippen LogP contribution in [-0.4, -0.2) is 32.5 Å². The molecular weight excluding hydrogens is 524 g/mol. The van der Waals surface area contributed by atoms with Gasteiger partial charge in [0.2, 0.25) is 0 Å². The fourth-order valence-electron chi connectivity index (χ4n) is 4.00. The molecular formula is C31H30N4O4S. The monoisotopic (exact) mass is 554 g/mol. The number of hydrogen-bond acceptors (Lipinski definition) is 5. The maximum absolute atomic E-state index is 13.6. The van der Waals surface area contributed by atoms with Gasteiger partial charge in [-0.25, -0.2) is 13.8 Å². The van der Waals surface area contributed by atoms with E-state index in [1.807, 2.05) is 25.1 Å². The number of sulfonamides is 1. The zero-order valence-corrected chi connectivity index (χ0v) is 23.3. The molecule has 0 spiro atoms. The van der Waals surface area contributed by atoms with E-state index in [1.54, 1.807) is 86.6 Å². The van der Waals surface area contributed by atoms with Gasteiger partial charge in [0.25, 0.3) is 21.8 Å². The molecule has 0 bridgehead atoms. The van der Waals surface area contributed by atoms with Crippen LogP contribution in [0.4, 0.5) is 11.4 Å². The number of amides is 2. The van der Waals surface area contributed by atoms with E-state index in [0.717, 1.165) is 9.87 Å². The summed E-state index contributed by atoms with van der Waals surface area (Å²) in [4.78, 5) is 25.6. The maximum Gasteiger partial charge on any atom is 0.264 e. The van der Waals surface area contributed by atoms with Crippen LogP contribution in [-0.2, 0) is 14.8 Å². The van der Waals surface area contributed by atoms with Crippen molar-refractivity contribution in [1.82, 2.24) is 5.43 Å². The minimum atomic E-state index is -4.04. The number of hydrazone groups is 1. The molecule has 40 heavy (non-hydrogen) atoms. The Morgan fingerprint density at radius 2 is 1.45 bits per heavy atom. The standard InChI is InChI=1S/C31H30N4O4S/c1-22-17-18-23(2)29(19-22)35(40(38,39)28-15-8-5-9-16-28)21-30(36)34-33-24(3)26-13-10-14-27(20-26)32-31(37)25-11-6-4-7-12-25/h4-20H,21H2,1-3H3,(H,32,37)(H,34,36)/b33-24-. The molecule has 0 radical (unpaired) electrons. The fourth-order valence-corrected chi connectivity index (χ4v) is 5.50. The zero-order chi connectivity index (χ0) is 28.7. The Bertz CT molecular complexity index is 1650. The molecule has 0 aliphatic heterocycles. The topological polar surface area (TPSA) is 108 Å². The van der Waals surface area contributed by atoms with Gasteiger partial charge in [0, 0.05) is 11.3 Å². The molecule has 0 saturated heterocycles. The van der Waals surface area contributed by atoms with E-state index in [1.165, 1.54) is 12.1 Å². The van der Waals surface area contributed by atoms with Gasteiger partial charge in [-0.1, -0.05) is 60.7 Å². The molecule has 204 valence electrons. The smallest absolute Gasteiger partial charge is 0.264 e. The Morgan fingerprint density at radius 1 is 0.800 bits per heavy atom. The number of nitrogens with zero attached hydrogens (tertiary/aromatic N) is 2. The predicted molar refractivity (Wildman–Crippen MR) is 158 cm³/mol. The van der Waals surface area contributed by atoms with Gasteiger partial charge in [-0.2, -0.15) is 5.10 Å². The summed E-state index contributed by atoms with van der Waals surface area (Å²) in [6.07, 6.45) is 0. The largest absolute Gasteiger partial charge is 0.322 e.